The summed E-state index contributed by atoms with van der Waals surface area (Å²) in [6.45, 7) is 1.87. The van der Waals surface area contributed by atoms with Crippen molar-refractivity contribution in [1.29, 1.82) is 0 Å². The third kappa shape index (κ3) is 4.23. The number of hydrogen-bond acceptors (Lipinski definition) is 6. The normalized spacial score (nSPS) is 16.2. The van der Waals surface area contributed by atoms with Gasteiger partial charge in [-0.25, -0.2) is 0 Å². The number of aliphatic imine (C=N–C) groups is 1. The lowest BCUT2D eigenvalue weighted by atomic mass is 10.1. The van der Waals surface area contributed by atoms with E-state index in [9.17, 15) is 0 Å². The van der Waals surface area contributed by atoms with Gasteiger partial charge in [-0.2, -0.15) is 0 Å². The van der Waals surface area contributed by atoms with Gasteiger partial charge in [0, 0.05) is 31.5 Å². The summed E-state index contributed by atoms with van der Waals surface area (Å²) in [6, 6.07) is 3.70. The molecule has 7 heteroatoms. The highest BCUT2D eigenvalue weighted by molar-refractivity contribution is 6.22. The molecule has 1 atom stereocenters. The maximum Gasteiger partial charge on any atom is 0.163 e. The first-order chi connectivity index (χ1) is 10.3. The van der Waals surface area contributed by atoms with Crippen LogP contribution in [-0.2, 0) is 9.47 Å². The van der Waals surface area contributed by atoms with E-state index < -0.39 is 5.50 Å². The molecule has 1 N–H and O–H groups in total. The smallest absolute Gasteiger partial charge is 0.163 e. The molecule has 0 saturated heterocycles. The zero-order valence-electron chi connectivity index (χ0n) is 12.1. The van der Waals surface area contributed by atoms with Crippen molar-refractivity contribution in [2.45, 2.75) is 5.50 Å². The summed E-state index contributed by atoms with van der Waals surface area (Å²) >= 11 is 6.18. The van der Waals surface area contributed by atoms with Crippen LogP contribution in [0, 0.1) is 0 Å². The van der Waals surface area contributed by atoms with Crippen LogP contribution in [0.25, 0.3) is 0 Å². The molecule has 6 nitrogen and oxygen atoms in total. The minimum Gasteiger partial charge on any atom is -0.487 e. The monoisotopic (exact) mass is 314 g/mol. The van der Waals surface area contributed by atoms with Crippen LogP contribution in [-0.4, -0.2) is 47.0 Å². The molecule has 0 bridgehead atoms. The van der Waals surface area contributed by atoms with Gasteiger partial charge in [0.1, 0.15) is 13.2 Å². The van der Waals surface area contributed by atoms with Gasteiger partial charge in [0.25, 0.3) is 0 Å². The summed E-state index contributed by atoms with van der Waals surface area (Å²) < 4.78 is 21.4. The SMILES string of the molecule is COCCOc1cc2c(cc1OCCOC)C(Cl)N=CN2. The zero-order valence-corrected chi connectivity index (χ0v) is 12.9. The summed E-state index contributed by atoms with van der Waals surface area (Å²) in [5.74, 6) is 1.25. The first kappa shape index (κ1) is 15.9. The molecule has 116 valence electrons. The van der Waals surface area contributed by atoms with Crippen LogP contribution in [0.2, 0.25) is 0 Å². The topological polar surface area (TPSA) is 61.3 Å². The predicted molar refractivity (Wildman–Crippen MR) is 81.9 cm³/mol. The largest absolute Gasteiger partial charge is 0.487 e. The number of nitrogens with one attached hydrogen (secondary N) is 1. The summed E-state index contributed by atoms with van der Waals surface area (Å²) in [5, 5.41) is 3.05. The van der Waals surface area contributed by atoms with Crippen molar-refractivity contribution in [3.05, 3.63) is 17.7 Å². The van der Waals surface area contributed by atoms with Gasteiger partial charge in [0.05, 0.1) is 19.6 Å². The number of hydrogen-bond donors (Lipinski definition) is 1. The third-order valence-corrected chi connectivity index (χ3v) is 3.24. The van der Waals surface area contributed by atoms with Crippen molar-refractivity contribution >= 4 is 23.6 Å². The Morgan fingerprint density at radius 2 is 1.67 bits per heavy atom. The highest BCUT2D eigenvalue weighted by Crippen LogP contribution is 2.40. The Bertz CT molecular complexity index is 496. The minimum absolute atomic E-state index is 0.430. The van der Waals surface area contributed by atoms with Gasteiger partial charge in [-0.05, 0) is 6.07 Å². The van der Waals surface area contributed by atoms with Gasteiger partial charge in [0.2, 0.25) is 0 Å². The molecule has 1 aliphatic heterocycles. The number of rotatable bonds is 8. The molecule has 0 aliphatic carbocycles. The standard InChI is InChI=1S/C14H19ClN2O4/c1-18-3-5-20-12-7-10-11(16-9-17-14(10)15)8-13(12)21-6-4-19-2/h7-9,14H,3-6H2,1-2H3,(H,16,17). The second kappa shape index (κ2) is 8.07. The highest BCUT2D eigenvalue weighted by Gasteiger charge is 2.19. The summed E-state index contributed by atoms with van der Waals surface area (Å²) in [5.41, 5.74) is 1.28. The third-order valence-electron chi connectivity index (χ3n) is 2.89. The number of ether oxygens (including phenoxy) is 4. The van der Waals surface area contributed by atoms with Crippen molar-refractivity contribution in [3.8, 4) is 11.5 Å². The van der Waals surface area contributed by atoms with E-state index in [0.717, 1.165) is 11.3 Å². The highest BCUT2D eigenvalue weighted by atomic mass is 35.5. The van der Waals surface area contributed by atoms with Crippen LogP contribution < -0.4 is 14.8 Å². The Balaban J connectivity index is 2.19. The molecule has 0 saturated carbocycles. The Morgan fingerprint density at radius 3 is 2.29 bits per heavy atom. The van der Waals surface area contributed by atoms with E-state index >= 15 is 0 Å². The fourth-order valence-corrected chi connectivity index (χ4v) is 2.08. The number of benzene rings is 1. The lowest BCUT2D eigenvalue weighted by Crippen LogP contribution is -2.12. The number of fused-ring (bicyclic) bond motifs is 1. The van der Waals surface area contributed by atoms with Crippen LogP contribution in [0.3, 0.4) is 0 Å². The number of halogens is 1. The van der Waals surface area contributed by atoms with Gasteiger partial charge in [-0.15, -0.1) is 0 Å². The van der Waals surface area contributed by atoms with Gasteiger partial charge < -0.3 is 24.3 Å². The first-order valence-electron chi connectivity index (χ1n) is 6.60. The fourth-order valence-electron chi connectivity index (χ4n) is 1.85. The Labute approximate surface area is 129 Å². The fraction of sp³-hybridized carbons (Fsp3) is 0.500. The number of methoxy groups -OCH3 is 2. The summed E-state index contributed by atoms with van der Waals surface area (Å²) in [6.07, 6.45) is 1.57. The molecular weight excluding hydrogens is 296 g/mol. The lowest BCUT2D eigenvalue weighted by Gasteiger charge is -2.20. The van der Waals surface area contributed by atoms with E-state index in [2.05, 4.69) is 10.3 Å². The van der Waals surface area contributed by atoms with Crippen LogP contribution >= 0.6 is 11.6 Å². The predicted octanol–water partition coefficient (Wildman–Crippen LogP) is 2.43. The molecule has 1 unspecified atom stereocenters. The van der Waals surface area contributed by atoms with Crippen LogP contribution in [0.15, 0.2) is 17.1 Å². The van der Waals surface area contributed by atoms with Gasteiger partial charge in [-0.3, -0.25) is 4.99 Å². The summed E-state index contributed by atoms with van der Waals surface area (Å²) in [4.78, 5) is 4.10. The molecule has 1 aliphatic rings. The molecule has 1 heterocycles. The molecule has 0 radical (unpaired) electrons. The molecule has 2 rings (SSSR count). The molecule has 0 aromatic heterocycles. The Hall–Kier alpha value is -1.50. The van der Waals surface area contributed by atoms with E-state index in [1.165, 1.54) is 0 Å². The molecule has 1 aromatic rings. The van der Waals surface area contributed by atoms with E-state index in [4.69, 9.17) is 30.5 Å². The average molecular weight is 315 g/mol. The average Bonchev–Trinajstić information content (AvgIpc) is 2.49. The van der Waals surface area contributed by atoms with Crippen molar-refractivity contribution in [3.63, 3.8) is 0 Å². The number of anilines is 1. The number of nitrogens with zero attached hydrogens (tertiary/aromatic N) is 1. The summed E-state index contributed by atoms with van der Waals surface area (Å²) in [7, 11) is 3.25. The van der Waals surface area contributed by atoms with E-state index in [-0.39, 0.29) is 0 Å². The van der Waals surface area contributed by atoms with Crippen LogP contribution in [0.1, 0.15) is 11.1 Å². The van der Waals surface area contributed by atoms with Gasteiger partial charge >= 0.3 is 0 Å². The maximum absolute atomic E-state index is 6.18. The van der Waals surface area contributed by atoms with Crippen molar-refractivity contribution in [2.24, 2.45) is 4.99 Å². The molecule has 21 heavy (non-hydrogen) atoms. The van der Waals surface area contributed by atoms with Crippen molar-refractivity contribution in [2.75, 3.05) is 46.0 Å². The van der Waals surface area contributed by atoms with E-state index in [1.54, 1.807) is 20.6 Å². The quantitative estimate of drug-likeness (QED) is 0.453. The van der Waals surface area contributed by atoms with Crippen LogP contribution in [0.5, 0.6) is 11.5 Å². The Morgan fingerprint density at radius 1 is 1.05 bits per heavy atom. The molecule has 0 fully saturated rings. The molecule has 0 spiro atoms. The van der Waals surface area contributed by atoms with Crippen molar-refractivity contribution in [1.82, 2.24) is 0 Å². The maximum atomic E-state index is 6.18. The van der Waals surface area contributed by atoms with Crippen molar-refractivity contribution < 1.29 is 18.9 Å². The lowest BCUT2D eigenvalue weighted by molar-refractivity contribution is 0.132. The zero-order chi connectivity index (χ0) is 15.1. The second-order valence-corrected chi connectivity index (χ2v) is 4.74. The van der Waals surface area contributed by atoms with Gasteiger partial charge in [-0.1, -0.05) is 11.6 Å². The second-order valence-electron chi connectivity index (χ2n) is 4.33. The minimum atomic E-state index is -0.431. The molecule has 0 amide bonds. The van der Waals surface area contributed by atoms with Gasteiger partial charge in [0.15, 0.2) is 17.0 Å². The van der Waals surface area contributed by atoms with Crippen LogP contribution in [0.4, 0.5) is 5.69 Å². The molecular formula is C14H19ClN2O4. The first-order valence-corrected chi connectivity index (χ1v) is 7.03. The van der Waals surface area contributed by atoms with E-state index in [1.807, 2.05) is 12.1 Å². The Kier molecular flexibility index (Phi) is 6.10. The van der Waals surface area contributed by atoms with E-state index in [0.29, 0.717) is 37.9 Å². The number of alkyl halides is 1. The molecule has 1 aromatic carbocycles.